The van der Waals surface area contributed by atoms with Crippen LogP contribution in [0.15, 0.2) is 36.4 Å². The summed E-state index contributed by atoms with van der Waals surface area (Å²) in [4.78, 5) is 0. The molecule has 1 atom stereocenters. The lowest BCUT2D eigenvalue weighted by atomic mass is 9.85. The molecule has 0 saturated heterocycles. The summed E-state index contributed by atoms with van der Waals surface area (Å²) in [5, 5.41) is 0. The van der Waals surface area contributed by atoms with Gasteiger partial charge in [-0.1, -0.05) is 42.0 Å². The van der Waals surface area contributed by atoms with E-state index < -0.39 is 0 Å². The summed E-state index contributed by atoms with van der Waals surface area (Å²) < 4.78 is 0. The van der Waals surface area contributed by atoms with Crippen molar-refractivity contribution in [1.82, 2.24) is 0 Å². The SMILES string of the molecule is Cc1cc(C)c(C(N)C2Cc3ccccc3C2)c(C)c1. The lowest BCUT2D eigenvalue weighted by Crippen LogP contribution is -2.23. The minimum atomic E-state index is 0.142. The van der Waals surface area contributed by atoms with Crippen LogP contribution in [0.3, 0.4) is 0 Å². The van der Waals surface area contributed by atoms with Gasteiger partial charge in [0.05, 0.1) is 0 Å². The van der Waals surface area contributed by atoms with Crippen LogP contribution in [0, 0.1) is 26.7 Å². The maximum atomic E-state index is 6.63. The van der Waals surface area contributed by atoms with Crippen molar-refractivity contribution < 1.29 is 0 Å². The fourth-order valence-corrected chi connectivity index (χ4v) is 3.80. The number of nitrogens with two attached hydrogens (primary N) is 1. The van der Waals surface area contributed by atoms with E-state index in [0.717, 1.165) is 12.8 Å². The van der Waals surface area contributed by atoms with Crippen molar-refractivity contribution in [2.24, 2.45) is 11.7 Å². The molecule has 1 aliphatic carbocycles. The van der Waals surface area contributed by atoms with Crippen LogP contribution >= 0.6 is 0 Å². The zero-order valence-electron chi connectivity index (χ0n) is 12.6. The van der Waals surface area contributed by atoms with Crippen LogP contribution in [0.5, 0.6) is 0 Å². The van der Waals surface area contributed by atoms with Gasteiger partial charge in [-0.3, -0.25) is 0 Å². The van der Waals surface area contributed by atoms with Crippen LogP contribution in [0.2, 0.25) is 0 Å². The second-order valence-electron chi connectivity index (χ2n) is 6.28. The molecular formula is C19H23N. The highest BCUT2D eigenvalue weighted by molar-refractivity contribution is 5.41. The van der Waals surface area contributed by atoms with E-state index >= 15 is 0 Å². The molecule has 0 amide bonds. The molecule has 0 saturated carbocycles. The molecule has 20 heavy (non-hydrogen) atoms. The van der Waals surface area contributed by atoms with Crippen LogP contribution in [-0.2, 0) is 12.8 Å². The van der Waals surface area contributed by atoms with Crippen LogP contribution in [-0.4, -0.2) is 0 Å². The quantitative estimate of drug-likeness (QED) is 0.871. The molecule has 104 valence electrons. The normalized spacial score (nSPS) is 16.2. The first-order valence-corrected chi connectivity index (χ1v) is 7.46. The Bertz CT molecular complexity index is 594. The molecular weight excluding hydrogens is 242 g/mol. The Labute approximate surface area is 121 Å². The first kappa shape index (κ1) is 13.4. The third kappa shape index (κ3) is 2.27. The summed E-state index contributed by atoms with van der Waals surface area (Å²) in [7, 11) is 0. The highest BCUT2D eigenvalue weighted by atomic mass is 14.7. The molecule has 1 nitrogen and oxygen atoms in total. The summed E-state index contributed by atoms with van der Waals surface area (Å²) in [6, 6.07) is 13.4. The second-order valence-corrected chi connectivity index (χ2v) is 6.28. The highest BCUT2D eigenvalue weighted by Crippen LogP contribution is 2.36. The first-order valence-electron chi connectivity index (χ1n) is 7.46. The van der Waals surface area contributed by atoms with Gasteiger partial charge < -0.3 is 5.73 Å². The third-order valence-electron chi connectivity index (χ3n) is 4.66. The second kappa shape index (κ2) is 5.06. The molecule has 2 aromatic rings. The van der Waals surface area contributed by atoms with Gasteiger partial charge >= 0.3 is 0 Å². The van der Waals surface area contributed by atoms with Gasteiger partial charge in [0.2, 0.25) is 0 Å². The molecule has 2 N–H and O–H groups in total. The molecule has 0 spiro atoms. The Morgan fingerprint density at radius 2 is 1.45 bits per heavy atom. The summed E-state index contributed by atoms with van der Waals surface area (Å²) in [6.45, 7) is 6.54. The zero-order chi connectivity index (χ0) is 14.3. The predicted octanol–water partition coefficient (Wildman–Crippen LogP) is 4.03. The van der Waals surface area contributed by atoms with Crippen molar-refractivity contribution in [3.05, 3.63) is 69.8 Å². The molecule has 2 aromatic carbocycles. The van der Waals surface area contributed by atoms with E-state index in [0.29, 0.717) is 5.92 Å². The Morgan fingerprint density at radius 1 is 0.950 bits per heavy atom. The number of fused-ring (bicyclic) bond motifs is 1. The van der Waals surface area contributed by atoms with Crippen LogP contribution in [0.25, 0.3) is 0 Å². The predicted molar refractivity (Wildman–Crippen MR) is 84.9 cm³/mol. The average molecular weight is 265 g/mol. The summed E-state index contributed by atoms with van der Waals surface area (Å²) >= 11 is 0. The lowest BCUT2D eigenvalue weighted by Gasteiger charge is -2.23. The Hall–Kier alpha value is -1.60. The Balaban J connectivity index is 1.90. The van der Waals surface area contributed by atoms with Gasteiger partial charge in [-0.25, -0.2) is 0 Å². The van der Waals surface area contributed by atoms with Gasteiger partial charge in [-0.05, 0) is 67.3 Å². The molecule has 1 heteroatoms. The lowest BCUT2D eigenvalue weighted by molar-refractivity contribution is 0.450. The number of aryl methyl sites for hydroxylation is 3. The van der Waals surface area contributed by atoms with Gasteiger partial charge in [0.15, 0.2) is 0 Å². The first-order chi connectivity index (χ1) is 9.56. The van der Waals surface area contributed by atoms with Crippen LogP contribution in [0.1, 0.15) is 39.4 Å². The van der Waals surface area contributed by atoms with Crippen LogP contribution in [0.4, 0.5) is 0 Å². The summed E-state index contributed by atoms with van der Waals surface area (Å²) in [5.41, 5.74) is 15.0. The van der Waals surface area contributed by atoms with Crippen molar-refractivity contribution in [2.75, 3.05) is 0 Å². The molecule has 1 unspecified atom stereocenters. The van der Waals surface area contributed by atoms with E-state index in [1.54, 1.807) is 0 Å². The number of benzene rings is 2. The Morgan fingerprint density at radius 3 is 1.95 bits per heavy atom. The largest absolute Gasteiger partial charge is 0.324 e. The van der Waals surface area contributed by atoms with Gasteiger partial charge in [0, 0.05) is 6.04 Å². The van der Waals surface area contributed by atoms with Gasteiger partial charge in [-0.15, -0.1) is 0 Å². The molecule has 0 fully saturated rings. The summed E-state index contributed by atoms with van der Waals surface area (Å²) in [6.07, 6.45) is 2.23. The van der Waals surface area contributed by atoms with Crippen molar-refractivity contribution in [1.29, 1.82) is 0 Å². The fraction of sp³-hybridized carbons (Fsp3) is 0.368. The number of rotatable bonds is 2. The van der Waals surface area contributed by atoms with Crippen molar-refractivity contribution in [2.45, 2.75) is 39.7 Å². The van der Waals surface area contributed by atoms with E-state index in [1.165, 1.54) is 33.4 Å². The highest BCUT2D eigenvalue weighted by Gasteiger charge is 2.28. The topological polar surface area (TPSA) is 26.0 Å². The number of hydrogen-bond donors (Lipinski definition) is 1. The van der Waals surface area contributed by atoms with Gasteiger partial charge in [0.25, 0.3) is 0 Å². The van der Waals surface area contributed by atoms with E-state index in [4.69, 9.17) is 5.73 Å². The van der Waals surface area contributed by atoms with E-state index in [2.05, 4.69) is 57.2 Å². The van der Waals surface area contributed by atoms with Crippen molar-refractivity contribution in [3.8, 4) is 0 Å². The standard InChI is InChI=1S/C19H23N/c1-12-8-13(2)18(14(3)9-12)19(20)17-10-15-6-4-5-7-16(15)11-17/h4-9,17,19H,10-11,20H2,1-3H3. The average Bonchev–Trinajstić information content (AvgIpc) is 2.81. The van der Waals surface area contributed by atoms with Gasteiger partial charge in [-0.2, -0.15) is 0 Å². The molecule has 1 aliphatic rings. The maximum Gasteiger partial charge on any atom is 0.0335 e. The Kier molecular flexibility index (Phi) is 3.39. The maximum absolute atomic E-state index is 6.63. The third-order valence-corrected chi connectivity index (χ3v) is 4.66. The summed E-state index contributed by atoms with van der Waals surface area (Å²) in [5.74, 6) is 0.535. The molecule has 0 heterocycles. The fourth-order valence-electron chi connectivity index (χ4n) is 3.80. The minimum Gasteiger partial charge on any atom is -0.324 e. The zero-order valence-corrected chi connectivity index (χ0v) is 12.6. The minimum absolute atomic E-state index is 0.142. The van der Waals surface area contributed by atoms with Crippen LogP contribution < -0.4 is 5.73 Å². The molecule has 0 radical (unpaired) electrons. The van der Waals surface area contributed by atoms with Crippen molar-refractivity contribution >= 4 is 0 Å². The molecule has 0 aromatic heterocycles. The van der Waals surface area contributed by atoms with E-state index in [9.17, 15) is 0 Å². The van der Waals surface area contributed by atoms with E-state index in [-0.39, 0.29) is 6.04 Å². The molecule has 0 bridgehead atoms. The van der Waals surface area contributed by atoms with Gasteiger partial charge in [0.1, 0.15) is 0 Å². The molecule has 0 aliphatic heterocycles. The monoisotopic (exact) mass is 265 g/mol. The number of hydrogen-bond acceptors (Lipinski definition) is 1. The van der Waals surface area contributed by atoms with Crippen molar-refractivity contribution in [3.63, 3.8) is 0 Å². The smallest absolute Gasteiger partial charge is 0.0335 e. The molecule has 3 rings (SSSR count). The van der Waals surface area contributed by atoms with E-state index in [1.807, 2.05) is 0 Å².